The van der Waals surface area contributed by atoms with Crippen LogP contribution in [0, 0.1) is 40.9 Å². The van der Waals surface area contributed by atoms with E-state index in [2.05, 4.69) is 28.4 Å². The Morgan fingerprint density at radius 2 is 1.82 bits per heavy atom. The molecule has 2 amide bonds. The first-order valence-electron chi connectivity index (χ1n) is 15.7. The maximum absolute atomic E-state index is 14.1. The normalized spacial score (nSPS) is 28.9. The smallest absolute Gasteiger partial charge is 0.413 e. The summed E-state index contributed by atoms with van der Waals surface area (Å²) in [5.41, 5.74) is 3.81. The van der Waals surface area contributed by atoms with Crippen molar-refractivity contribution >= 4 is 17.8 Å². The number of likely N-dealkylation sites (tertiary alicyclic amines) is 1. The molecule has 5 rings (SSSR count). The van der Waals surface area contributed by atoms with E-state index in [1.807, 2.05) is 20.8 Å². The summed E-state index contributed by atoms with van der Waals surface area (Å²) >= 11 is 0. The number of fused-ring (bicyclic) bond motifs is 2. The van der Waals surface area contributed by atoms with E-state index >= 15 is 0 Å². The van der Waals surface area contributed by atoms with Crippen molar-refractivity contribution in [2.45, 2.75) is 97.0 Å². The van der Waals surface area contributed by atoms with Crippen LogP contribution in [-0.4, -0.2) is 53.1 Å². The monoisotopic (exact) mass is 551 g/mol. The van der Waals surface area contributed by atoms with Crippen molar-refractivity contribution in [2.24, 2.45) is 35.5 Å². The Kier molecular flexibility index (Phi) is 8.89. The molecule has 2 saturated carbocycles. The molecule has 3 aliphatic carbocycles. The van der Waals surface area contributed by atoms with Gasteiger partial charge in [0.2, 0.25) is 5.91 Å². The van der Waals surface area contributed by atoms with Gasteiger partial charge >= 0.3 is 6.09 Å². The van der Waals surface area contributed by atoms with Crippen molar-refractivity contribution in [1.29, 1.82) is 5.41 Å². The van der Waals surface area contributed by atoms with Crippen LogP contribution in [0.2, 0.25) is 0 Å². The van der Waals surface area contributed by atoms with Crippen LogP contribution < -0.4 is 5.32 Å². The number of piperidine rings is 1. The van der Waals surface area contributed by atoms with Gasteiger partial charge in [-0.05, 0) is 132 Å². The van der Waals surface area contributed by atoms with Crippen molar-refractivity contribution in [3.05, 3.63) is 34.9 Å². The third kappa shape index (κ3) is 6.56. The first kappa shape index (κ1) is 29.1. The Morgan fingerprint density at radius 3 is 2.55 bits per heavy atom. The molecule has 0 bridgehead atoms. The molecule has 40 heavy (non-hydrogen) atoms. The number of aliphatic hydroxyl groups excluding tert-OH is 1. The fourth-order valence-corrected chi connectivity index (χ4v) is 8.12. The van der Waals surface area contributed by atoms with Crippen LogP contribution in [-0.2, 0) is 28.8 Å². The fraction of sp³-hybridized carbons (Fsp3) is 0.727. The van der Waals surface area contributed by atoms with Gasteiger partial charge in [0.25, 0.3) is 0 Å². The van der Waals surface area contributed by atoms with Gasteiger partial charge in [-0.3, -0.25) is 15.5 Å². The molecule has 0 aromatic heterocycles. The second-order valence-corrected chi connectivity index (χ2v) is 13.9. The molecule has 1 heterocycles. The number of ether oxygens (including phenoxy) is 1. The van der Waals surface area contributed by atoms with E-state index < -0.39 is 11.7 Å². The van der Waals surface area contributed by atoms with Crippen LogP contribution in [0.1, 0.15) is 88.8 Å². The summed E-state index contributed by atoms with van der Waals surface area (Å²) < 4.78 is 5.41. The van der Waals surface area contributed by atoms with Gasteiger partial charge in [0, 0.05) is 31.5 Å². The number of nitrogens with one attached hydrogen (secondary N) is 2. The lowest BCUT2D eigenvalue weighted by Crippen LogP contribution is -2.44. The van der Waals surface area contributed by atoms with Gasteiger partial charge in [-0.1, -0.05) is 18.2 Å². The highest BCUT2D eigenvalue weighted by atomic mass is 16.6. The zero-order valence-corrected chi connectivity index (χ0v) is 24.7. The van der Waals surface area contributed by atoms with Crippen LogP contribution in [0.5, 0.6) is 0 Å². The number of aliphatic hydroxyl groups is 1. The lowest BCUT2D eigenvalue weighted by molar-refractivity contribution is -0.138. The third-order valence-corrected chi connectivity index (χ3v) is 10.2. The van der Waals surface area contributed by atoms with Gasteiger partial charge in [0.05, 0.1) is 0 Å². The number of amidine groups is 1. The molecule has 3 fully saturated rings. The van der Waals surface area contributed by atoms with E-state index in [1.165, 1.54) is 29.5 Å². The zero-order chi connectivity index (χ0) is 28.4. The SMILES string of the molecule is CC(C)(C)OC(=O)NC(=N)C1CCC2CC(C(=O)N3CCC(CO)CC3)C(Cc3cccc4c3CCCC4)C2C1. The molecule has 4 aliphatic rings. The summed E-state index contributed by atoms with van der Waals surface area (Å²) in [5, 5.41) is 21.0. The Hall–Kier alpha value is -2.41. The first-order chi connectivity index (χ1) is 19.1. The van der Waals surface area contributed by atoms with Gasteiger partial charge < -0.3 is 14.7 Å². The van der Waals surface area contributed by atoms with E-state index in [-0.39, 0.29) is 30.2 Å². The number of hydrogen-bond donors (Lipinski definition) is 3. The molecule has 0 radical (unpaired) electrons. The summed E-state index contributed by atoms with van der Waals surface area (Å²) in [6, 6.07) is 6.77. The lowest BCUT2D eigenvalue weighted by atomic mass is 9.70. The zero-order valence-electron chi connectivity index (χ0n) is 24.7. The highest BCUT2D eigenvalue weighted by molar-refractivity contribution is 5.95. The van der Waals surface area contributed by atoms with E-state index in [1.54, 1.807) is 0 Å². The number of amides is 2. The molecule has 1 aliphatic heterocycles. The van der Waals surface area contributed by atoms with E-state index in [4.69, 9.17) is 10.1 Å². The topological polar surface area (TPSA) is 103 Å². The minimum atomic E-state index is -0.605. The van der Waals surface area contributed by atoms with Gasteiger partial charge in [-0.15, -0.1) is 0 Å². The summed E-state index contributed by atoms with van der Waals surface area (Å²) in [6.07, 6.45) is 10.5. The summed E-state index contributed by atoms with van der Waals surface area (Å²) in [4.78, 5) is 28.5. The van der Waals surface area contributed by atoms with Gasteiger partial charge in [0.15, 0.2) is 0 Å². The van der Waals surface area contributed by atoms with Crippen molar-refractivity contribution in [2.75, 3.05) is 19.7 Å². The molecular weight excluding hydrogens is 502 g/mol. The Labute approximate surface area is 239 Å². The van der Waals surface area contributed by atoms with Crippen molar-refractivity contribution in [1.82, 2.24) is 10.2 Å². The molecule has 3 N–H and O–H groups in total. The molecular formula is C33H49N3O4. The van der Waals surface area contributed by atoms with Crippen molar-refractivity contribution < 1.29 is 19.4 Å². The van der Waals surface area contributed by atoms with Crippen LogP contribution in [0.15, 0.2) is 18.2 Å². The largest absolute Gasteiger partial charge is 0.444 e. The predicted octanol–water partition coefficient (Wildman–Crippen LogP) is 5.51. The number of rotatable bonds is 5. The minimum Gasteiger partial charge on any atom is -0.444 e. The number of carbonyl (C=O) groups is 2. The number of hydrogen-bond acceptors (Lipinski definition) is 5. The van der Waals surface area contributed by atoms with Crippen LogP contribution in [0.3, 0.4) is 0 Å². The van der Waals surface area contributed by atoms with Crippen molar-refractivity contribution in [3.8, 4) is 0 Å². The van der Waals surface area contributed by atoms with Crippen LogP contribution in [0.4, 0.5) is 4.79 Å². The second-order valence-electron chi connectivity index (χ2n) is 13.9. The molecule has 1 aromatic carbocycles. The third-order valence-electron chi connectivity index (χ3n) is 10.2. The highest BCUT2D eigenvalue weighted by Gasteiger charge is 2.50. The van der Waals surface area contributed by atoms with Gasteiger partial charge in [-0.25, -0.2) is 4.79 Å². The van der Waals surface area contributed by atoms with E-state index in [9.17, 15) is 14.7 Å². The van der Waals surface area contributed by atoms with E-state index in [0.717, 1.165) is 70.9 Å². The van der Waals surface area contributed by atoms with Gasteiger partial charge in [0.1, 0.15) is 11.4 Å². The van der Waals surface area contributed by atoms with Crippen LogP contribution >= 0.6 is 0 Å². The molecule has 5 atom stereocenters. The molecule has 1 aromatic rings. The average molecular weight is 552 g/mol. The average Bonchev–Trinajstić information content (AvgIpc) is 3.29. The second kappa shape index (κ2) is 12.2. The fourth-order valence-electron chi connectivity index (χ4n) is 8.12. The molecule has 7 nitrogen and oxygen atoms in total. The lowest BCUT2D eigenvalue weighted by Gasteiger charge is -2.37. The Bertz CT molecular complexity index is 1090. The molecule has 1 saturated heterocycles. The molecule has 5 unspecified atom stereocenters. The number of carbonyl (C=O) groups excluding carboxylic acids is 2. The van der Waals surface area contributed by atoms with Gasteiger partial charge in [-0.2, -0.15) is 0 Å². The highest BCUT2D eigenvalue weighted by Crippen LogP contribution is 2.52. The Morgan fingerprint density at radius 1 is 1.07 bits per heavy atom. The summed E-state index contributed by atoms with van der Waals surface area (Å²) in [5.74, 6) is 1.96. The maximum Gasteiger partial charge on any atom is 0.413 e. The number of nitrogens with zero attached hydrogens (tertiary/aromatic N) is 1. The van der Waals surface area contributed by atoms with Crippen LogP contribution in [0.25, 0.3) is 0 Å². The maximum atomic E-state index is 14.1. The predicted molar refractivity (Wildman–Crippen MR) is 156 cm³/mol. The summed E-state index contributed by atoms with van der Waals surface area (Å²) in [7, 11) is 0. The number of alkyl carbamates (subject to hydrolysis) is 1. The standard InChI is InChI=1S/C33H49N3O4/c1-33(2,3)40-32(39)35-30(34)25-12-11-24-18-29(31(38)36-15-13-21(20-37)14-16-36)28(27(24)19-25)17-23-9-6-8-22-7-4-5-10-26(22)23/h6,8-9,21,24-25,27-29,37H,4-5,7,10-20H2,1-3H3,(H2,34,35,39). The summed E-state index contributed by atoms with van der Waals surface area (Å²) in [6.45, 7) is 7.19. The quantitative estimate of drug-likeness (QED) is 0.332. The molecule has 0 spiro atoms. The molecule has 7 heteroatoms. The number of benzene rings is 1. The number of aryl methyl sites for hydroxylation is 1. The van der Waals surface area contributed by atoms with Crippen molar-refractivity contribution in [3.63, 3.8) is 0 Å². The first-order valence-corrected chi connectivity index (χ1v) is 15.7. The van der Waals surface area contributed by atoms with E-state index in [0.29, 0.717) is 23.7 Å². The Balaban J connectivity index is 1.35. The minimum absolute atomic E-state index is 0.00636. The molecule has 220 valence electrons.